The van der Waals surface area contributed by atoms with Gasteiger partial charge in [0.15, 0.2) is 0 Å². The third kappa shape index (κ3) is 2.87. The molecule has 3 heteroatoms. The second-order valence-electron chi connectivity index (χ2n) is 3.02. The van der Waals surface area contributed by atoms with Crippen molar-refractivity contribution in [2.24, 2.45) is 0 Å². The number of benzene rings is 1. The summed E-state index contributed by atoms with van der Waals surface area (Å²) >= 11 is 11.8. The number of hydrogen-bond acceptors (Lipinski definition) is 1. The molecule has 1 unspecified atom stereocenters. The van der Waals surface area contributed by atoms with Crippen LogP contribution in [-0.4, -0.2) is 13.7 Å². The van der Waals surface area contributed by atoms with Gasteiger partial charge in [-0.25, -0.2) is 0 Å². The molecule has 0 aliphatic rings. The molecule has 1 atom stereocenters. The molecule has 0 aromatic heterocycles. The lowest BCUT2D eigenvalue weighted by molar-refractivity contribution is 0.184. The first-order valence-corrected chi connectivity index (χ1v) is 4.84. The van der Waals surface area contributed by atoms with Crippen LogP contribution in [0.15, 0.2) is 18.2 Å². The zero-order valence-corrected chi connectivity index (χ0v) is 9.19. The van der Waals surface area contributed by atoms with Crippen LogP contribution in [0.25, 0.3) is 0 Å². The highest BCUT2D eigenvalue weighted by Crippen LogP contribution is 2.27. The molecule has 0 amide bonds. The fourth-order valence-electron chi connectivity index (χ4n) is 1.24. The summed E-state index contributed by atoms with van der Waals surface area (Å²) in [5.74, 6) is 0.301. The largest absolute Gasteiger partial charge is 0.384 e. The molecule has 1 aromatic rings. The molecule has 0 aliphatic heterocycles. The molecule has 0 bridgehead atoms. The number of rotatable bonds is 3. The lowest BCUT2D eigenvalue weighted by Gasteiger charge is -2.12. The van der Waals surface area contributed by atoms with Crippen molar-refractivity contribution in [3.05, 3.63) is 33.8 Å². The van der Waals surface area contributed by atoms with Gasteiger partial charge < -0.3 is 4.74 Å². The fraction of sp³-hybridized carbons (Fsp3) is 0.400. The van der Waals surface area contributed by atoms with Gasteiger partial charge in [-0.05, 0) is 17.7 Å². The molecule has 0 heterocycles. The van der Waals surface area contributed by atoms with E-state index in [4.69, 9.17) is 27.9 Å². The molecule has 0 saturated heterocycles. The second kappa shape index (κ2) is 4.85. The molecule has 72 valence electrons. The highest BCUT2D eigenvalue weighted by molar-refractivity contribution is 6.35. The lowest BCUT2D eigenvalue weighted by atomic mass is 10.0. The molecule has 0 spiro atoms. The van der Waals surface area contributed by atoms with Gasteiger partial charge in [0.1, 0.15) is 0 Å². The van der Waals surface area contributed by atoms with Crippen molar-refractivity contribution in [1.82, 2.24) is 0 Å². The van der Waals surface area contributed by atoms with Crippen LogP contribution >= 0.6 is 23.2 Å². The minimum absolute atomic E-state index is 0.301. The summed E-state index contributed by atoms with van der Waals surface area (Å²) in [4.78, 5) is 0. The van der Waals surface area contributed by atoms with Crippen molar-refractivity contribution >= 4 is 23.2 Å². The van der Waals surface area contributed by atoms with E-state index in [9.17, 15) is 0 Å². The Labute approximate surface area is 88.6 Å². The highest BCUT2D eigenvalue weighted by atomic mass is 35.5. The van der Waals surface area contributed by atoms with Crippen LogP contribution in [-0.2, 0) is 4.74 Å². The molecular weight excluding hydrogens is 207 g/mol. The van der Waals surface area contributed by atoms with E-state index in [0.29, 0.717) is 22.6 Å². The molecule has 0 aliphatic carbocycles. The van der Waals surface area contributed by atoms with Gasteiger partial charge in [-0.3, -0.25) is 0 Å². The maximum Gasteiger partial charge on any atom is 0.0528 e. The zero-order chi connectivity index (χ0) is 9.84. The van der Waals surface area contributed by atoms with Crippen LogP contribution in [0.4, 0.5) is 0 Å². The SMILES string of the molecule is COCC(C)c1ccc(Cl)cc1Cl. The lowest BCUT2D eigenvalue weighted by Crippen LogP contribution is -2.02. The predicted octanol–water partition coefficient (Wildman–Crippen LogP) is 3.74. The van der Waals surface area contributed by atoms with E-state index in [1.54, 1.807) is 13.2 Å². The molecular formula is C10H12Cl2O. The van der Waals surface area contributed by atoms with Crippen LogP contribution in [0.1, 0.15) is 18.4 Å². The van der Waals surface area contributed by atoms with Gasteiger partial charge in [-0.1, -0.05) is 36.2 Å². The summed E-state index contributed by atoms with van der Waals surface area (Å²) in [6, 6.07) is 5.54. The first-order valence-electron chi connectivity index (χ1n) is 4.09. The van der Waals surface area contributed by atoms with Gasteiger partial charge in [0.25, 0.3) is 0 Å². The van der Waals surface area contributed by atoms with E-state index >= 15 is 0 Å². The molecule has 13 heavy (non-hydrogen) atoms. The highest BCUT2D eigenvalue weighted by Gasteiger charge is 2.09. The van der Waals surface area contributed by atoms with Crippen LogP contribution in [0, 0.1) is 0 Å². The standard InChI is InChI=1S/C10H12Cl2O/c1-7(6-13-2)9-4-3-8(11)5-10(9)12/h3-5,7H,6H2,1-2H3. The van der Waals surface area contributed by atoms with Crippen molar-refractivity contribution < 1.29 is 4.74 Å². The van der Waals surface area contributed by atoms with E-state index in [2.05, 4.69) is 6.92 Å². The average molecular weight is 219 g/mol. The molecule has 0 fully saturated rings. The normalized spacial score (nSPS) is 12.9. The Hall–Kier alpha value is -0.240. The van der Waals surface area contributed by atoms with Crippen LogP contribution in [0.2, 0.25) is 10.0 Å². The second-order valence-corrected chi connectivity index (χ2v) is 3.87. The average Bonchev–Trinajstić information content (AvgIpc) is 2.04. The smallest absolute Gasteiger partial charge is 0.0528 e. The van der Waals surface area contributed by atoms with Gasteiger partial charge in [0.2, 0.25) is 0 Å². The summed E-state index contributed by atoms with van der Waals surface area (Å²) in [5, 5.41) is 1.37. The van der Waals surface area contributed by atoms with Gasteiger partial charge in [-0.15, -0.1) is 0 Å². The quantitative estimate of drug-likeness (QED) is 0.752. The number of halogens is 2. The molecule has 1 nitrogen and oxygen atoms in total. The van der Waals surface area contributed by atoms with E-state index in [1.165, 1.54) is 0 Å². The number of ether oxygens (including phenoxy) is 1. The Bertz CT molecular complexity index is 286. The number of methoxy groups -OCH3 is 1. The van der Waals surface area contributed by atoms with E-state index in [1.807, 2.05) is 12.1 Å². The minimum atomic E-state index is 0.301. The predicted molar refractivity (Wildman–Crippen MR) is 56.8 cm³/mol. The molecule has 1 aromatic carbocycles. The van der Waals surface area contributed by atoms with Crippen LogP contribution in [0.5, 0.6) is 0 Å². The maximum atomic E-state index is 6.02. The van der Waals surface area contributed by atoms with E-state index < -0.39 is 0 Å². The monoisotopic (exact) mass is 218 g/mol. The van der Waals surface area contributed by atoms with Gasteiger partial charge in [0, 0.05) is 23.1 Å². The molecule has 0 saturated carbocycles. The third-order valence-electron chi connectivity index (χ3n) is 1.91. The van der Waals surface area contributed by atoms with Gasteiger partial charge in [-0.2, -0.15) is 0 Å². The molecule has 0 radical (unpaired) electrons. The Morgan fingerprint density at radius 1 is 1.38 bits per heavy atom. The Kier molecular flexibility index (Phi) is 4.04. The van der Waals surface area contributed by atoms with Crippen molar-refractivity contribution in [3.8, 4) is 0 Å². The minimum Gasteiger partial charge on any atom is -0.384 e. The van der Waals surface area contributed by atoms with Crippen molar-refractivity contribution in [2.75, 3.05) is 13.7 Å². The van der Waals surface area contributed by atoms with Crippen molar-refractivity contribution in [3.63, 3.8) is 0 Å². The van der Waals surface area contributed by atoms with Crippen molar-refractivity contribution in [2.45, 2.75) is 12.8 Å². The number of hydrogen-bond donors (Lipinski definition) is 0. The van der Waals surface area contributed by atoms with Crippen molar-refractivity contribution in [1.29, 1.82) is 0 Å². The summed E-state index contributed by atoms with van der Waals surface area (Å²) in [5.41, 5.74) is 1.08. The topological polar surface area (TPSA) is 9.23 Å². The summed E-state index contributed by atoms with van der Waals surface area (Å²) in [7, 11) is 1.68. The van der Waals surface area contributed by atoms with Crippen LogP contribution in [0.3, 0.4) is 0 Å². The zero-order valence-electron chi connectivity index (χ0n) is 7.68. The Morgan fingerprint density at radius 3 is 2.62 bits per heavy atom. The van der Waals surface area contributed by atoms with Crippen LogP contribution < -0.4 is 0 Å². The first-order chi connectivity index (χ1) is 6.15. The van der Waals surface area contributed by atoms with Gasteiger partial charge in [0.05, 0.1) is 6.61 Å². The molecule has 1 rings (SSSR count). The van der Waals surface area contributed by atoms with Gasteiger partial charge >= 0.3 is 0 Å². The summed E-state index contributed by atoms with van der Waals surface area (Å²) in [6.45, 7) is 2.74. The van der Waals surface area contributed by atoms with E-state index in [-0.39, 0.29) is 0 Å². The maximum absolute atomic E-state index is 6.02. The molecule has 0 N–H and O–H groups in total. The summed E-state index contributed by atoms with van der Waals surface area (Å²) < 4.78 is 5.05. The van der Waals surface area contributed by atoms with E-state index in [0.717, 1.165) is 5.56 Å². The Balaban J connectivity index is 2.88. The Morgan fingerprint density at radius 2 is 2.08 bits per heavy atom. The summed E-state index contributed by atoms with van der Waals surface area (Å²) in [6.07, 6.45) is 0. The first kappa shape index (κ1) is 10.8. The fourth-order valence-corrected chi connectivity index (χ4v) is 1.84. The third-order valence-corrected chi connectivity index (χ3v) is 2.47.